The molecule has 6 nitrogen and oxygen atoms in total. The van der Waals surface area contributed by atoms with Gasteiger partial charge in [0.05, 0.1) is 17.4 Å². The van der Waals surface area contributed by atoms with Crippen LogP contribution in [0, 0.1) is 23.2 Å². The van der Waals surface area contributed by atoms with E-state index in [1.807, 2.05) is 12.1 Å². The summed E-state index contributed by atoms with van der Waals surface area (Å²) in [5, 5.41) is 8.84. The number of nitrogens with zero attached hydrogens (tertiary/aromatic N) is 3. The Labute approximate surface area is 169 Å². The molecule has 2 aliphatic rings. The number of rotatable bonds is 9. The fourth-order valence-corrected chi connectivity index (χ4v) is 5.29. The molecule has 1 aromatic rings. The highest BCUT2D eigenvalue weighted by Gasteiger charge is 2.33. The zero-order chi connectivity index (χ0) is 20.0. The molecule has 7 heteroatoms. The van der Waals surface area contributed by atoms with Crippen LogP contribution in [0.2, 0.25) is 0 Å². The Bertz CT molecular complexity index is 759. The van der Waals surface area contributed by atoms with Gasteiger partial charge in [0.15, 0.2) is 0 Å². The maximum atomic E-state index is 11.7. The smallest absolute Gasteiger partial charge is 0.150 e. The van der Waals surface area contributed by atoms with Crippen molar-refractivity contribution in [3.05, 3.63) is 29.8 Å². The number of benzene rings is 1. The second-order valence-corrected chi connectivity index (χ2v) is 10.5. The monoisotopic (exact) mass is 405 g/mol. The van der Waals surface area contributed by atoms with Gasteiger partial charge in [-0.2, -0.15) is 5.26 Å². The predicted octanol–water partition coefficient (Wildman–Crippen LogP) is 2.02. The lowest BCUT2D eigenvalue weighted by Gasteiger charge is -2.46. The summed E-state index contributed by atoms with van der Waals surface area (Å²) in [5.41, 5.74) is 0.646. The van der Waals surface area contributed by atoms with Gasteiger partial charge in [0, 0.05) is 38.5 Å². The Kier molecular flexibility index (Phi) is 7.33. The fraction of sp³-hybridized carbons (Fsp3) is 0.667. The summed E-state index contributed by atoms with van der Waals surface area (Å²) in [5.74, 6) is 2.71. The van der Waals surface area contributed by atoms with Gasteiger partial charge in [0.25, 0.3) is 0 Å². The zero-order valence-corrected chi connectivity index (χ0v) is 17.5. The second kappa shape index (κ2) is 9.73. The van der Waals surface area contributed by atoms with Crippen LogP contribution in [0.3, 0.4) is 0 Å². The van der Waals surface area contributed by atoms with Gasteiger partial charge in [-0.25, -0.2) is 8.42 Å². The average Bonchev–Trinajstić information content (AvgIpc) is 2.68. The third kappa shape index (κ3) is 6.20. The van der Waals surface area contributed by atoms with E-state index in [1.54, 1.807) is 19.1 Å². The van der Waals surface area contributed by atoms with Crippen LogP contribution >= 0.6 is 0 Å². The van der Waals surface area contributed by atoms with E-state index in [4.69, 9.17) is 10.00 Å². The van der Waals surface area contributed by atoms with Crippen LogP contribution in [0.15, 0.2) is 24.3 Å². The van der Waals surface area contributed by atoms with Crippen LogP contribution in [0.4, 0.5) is 0 Å². The highest BCUT2D eigenvalue weighted by molar-refractivity contribution is 7.91. The number of sulfone groups is 1. The third-order valence-corrected chi connectivity index (χ3v) is 7.55. The second-order valence-electron chi connectivity index (χ2n) is 8.06. The lowest BCUT2D eigenvalue weighted by Crippen LogP contribution is -2.53. The van der Waals surface area contributed by atoms with E-state index in [0.29, 0.717) is 29.8 Å². The molecule has 2 aliphatic heterocycles. The minimum absolute atomic E-state index is 0.248. The number of ether oxygens (including phenoxy) is 1. The molecule has 28 heavy (non-hydrogen) atoms. The summed E-state index contributed by atoms with van der Waals surface area (Å²) in [6.07, 6.45) is 2.04. The van der Waals surface area contributed by atoms with Crippen molar-refractivity contribution in [3.63, 3.8) is 0 Å². The number of likely N-dealkylation sites (tertiary alicyclic amines) is 2. The minimum Gasteiger partial charge on any atom is -0.492 e. The van der Waals surface area contributed by atoms with Gasteiger partial charge < -0.3 is 9.64 Å². The van der Waals surface area contributed by atoms with Crippen molar-refractivity contribution in [3.8, 4) is 11.8 Å². The van der Waals surface area contributed by atoms with E-state index >= 15 is 0 Å². The van der Waals surface area contributed by atoms with Crippen LogP contribution in [0.1, 0.15) is 25.3 Å². The minimum atomic E-state index is -2.85. The van der Waals surface area contributed by atoms with Crippen LogP contribution in [0.5, 0.6) is 5.75 Å². The molecule has 2 unspecified atom stereocenters. The van der Waals surface area contributed by atoms with Crippen molar-refractivity contribution in [1.29, 1.82) is 5.26 Å². The van der Waals surface area contributed by atoms with E-state index in [1.165, 1.54) is 6.42 Å². The number of piperidine rings is 2. The van der Waals surface area contributed by atoms with Crippen molar-refractivity contribution in [1.82, 2.24) is 9.80 Å². The molecule has 0 radical (unpaired) electrons. The standard InChI is InChI=1S/C21H31N3O3S/c1-2-28(25,26)11-3-8-23-14-19-12-20(15-23)17-24(16-19)9-10-27-21-6-4-18(13-22)5-7-21/h4-7,19-20H,2-3,8-12,14-17H2,1H3. The Morgan fingerprint density at radius 2 is 1.68 bits per heavy atom. The molecule has 154 valence electrons. The predicted molar refractivity (Wildman–Crippen MR) is 110 cm³/mol. The van der Waals surface area contributed by atoms with Crippen LogP contribution in [0.25, 0.3) is 0 Å². The van der Waals surface area contributed by atoms with Crippen molar-refractivity contribution in [2.24, 2.45) is 11.8 Å². The van der Waals surface area contributed by atoms with E-state index in [2.05, 4.69) is 15.9 Å². The summed E-state index contributed by atoms with van der Waals surface area (Å²) >= 11 is 0. The van der Waals surface area contributed by atoms with Gasteiger partial charge in [-0.05, 0) is 55.5 Å². The molecule has 0 spiro atoms. The number of fused-ring (bicyclic) bond motifs is 2. The summed E-state index contributed by atoms with van der Waals surface area (Å²) < 4.78 is 29.2. The summed E-state index contributed by atoms with van der Waals surface area (Å²) in [6.45, 7) is 8.54. The van der Waals surface area contributed by atoms with Gasteiger partial charge in [-0.3, -0.25) is 4.90 Å². The Hall–Kier alpha value is -1.62. The number of hydrogen-bond acceptors (Lipinski definition) is 6. The first-order valence-electron chi connectivity index (χ1n) is 10.3. The van der Waals surface area contributed by atoms with Crippen molar-refractivity contribution in [2.45, 2.75) is 19.8 Å². The molecule has 2 atom stereocenters. The average molecular weight is 406 g/mol. The Balaban J connectivity index is 1.38. The molecule has 0 amide bonds. The van der Waals surface area contributed by atoms with Gasteiger partial charge in [0.2, 0.25) is 0 Å². The highest BCUT2D eigenvalue weighted by atomic mass is 32.2. The topological polar surface area (TPSA) is 73.6 Å². The molecule has 2 heterocycles. The lowest BCUT2D eigenvalue weighted by atomic mass is 9.84. The van der Waals surface area contributed by atoms with E-state index < -0.39 is 9.84 Å². The third-order valence-electron chi connectivity index (χ3n) is 5.76. The molecule has 2 saturated heterocycles. The Morgan fingerprint density at radius 3 is 2.25 bits per heavy atom. The maximum Gasteiger partial charge on any atom is 0.150 e. The molecule has 0 saturated carbocycles. The molecular formula is C21H31N3O3S. The van der Waals surface area contributed by atoms with Gasteiger partial charge in [-0.1, -0.05) is 6.92 Å². The van der Waals surface area contributed by atoms with E-state index in [9.17, 15) is 8.42 Å². The van der Waals surface area contributed by atoms with Gasteiger partial charge in [-0.15, -0.1) is 0 Å². The first-order chi connectivity index (χ1) is 13.5. The molecule has 0 aromatic heterocycles. The van der Waals surface area contributed by atoms with E-state index in [0.717, 1.165) is 51.4 Å². The molecule has 1 aromatic carbocycles. The maximum absolute atomic E-state index is 11.7. The quantitative estimate of drug-likeness (QED) is 0.626. The lowest BCUT2D eigenvalue weighted by molar-refractivity contribution is 0.0262. The SMILES string of the molecule is CCS(=O)(=O)CCCN1CC2CC(C1)CN(CCOc1ccc(C#N)cc1)C2. The number of nitriles is 1. The fourth-order valence-electron chi connectivity index (χ4n) is 4.43. The largest absolute Gasteiger partial charge is 0.492 e. The van der Waals surface area contributed by atoms with Gasteiger partial charge >= 0.3 is 0 Å². The van der Waals surface area contributed by atoms with Crippen molar-refractivity contribution < 1.29 is 13.2 Å². The number of hydrogen-bond donors (Lipinski definition) is 0. The first-order valence-corrected chi connectivity index (χ1v) is 12.1. The van der Waals surface area contributed by atoms with Crippen LogP contribution in [-0.4, -0.2) is 75.6 Å². The van der Waals surface area contributed by atoms with Crippen LogP contribution in [-0.2, 0) is 9.84 Å². The molecule has 0 aliphatic carbocycles. The van der Waals surface area contributed by atoms with Crippen molar-refractivity contribution >= 4 is 9.84 Å². The Morgan fingerprint density at radius 1 is 1.07 bits per heavy atom. The summed E-state index contributed by atoms with van der Waals surface area (Å²) in [4.78, 5) is 4.97. The van der Waals surface area contributed by atoms with E-state index in [-0.39, 0.29) is 5.75 Å². The summed E-state index contributed by atoms with van der Waals surface area (Å²) in [7, 11) is -2.85. The molecule has 3 rings (SSSR count). The van der Waals surface area contributed by atoms with Crippen molar-refractivity contribution in [2.75, 3.05) is 57.4 Å². The molecule has 2 bridgehead atoms. The van der Waals surface area contributed by atoms with Gasteiger partial charge in [0.1, 0.15) is 22.2 Å². The normalized spacial score (nSPS) is 23.3. The highest BCUT2D eigenvalue weighted by Crippen LogP contribution is 2.28. The summed E-state index contributed by atoms with van der Waals surface area (Å²) in [6, 6.07) is 9.37. The zero-order valence-electron chi connectivity index (χ0n) is 16.7. The molecule has 2 fully saturated rings. The van der Waals surface area contributed by atoms with Crippen LogP contribution < -0.4 is 4.74 Å². The first kappa shape index (κ1) is 21.1. The molecule has 0 N–H and O–H groups in total. The molecular weight excluding hydrogens is 374 g/mol.